The summed E-state index contributed by atoms with van der Waals surface area (Å²) >= 11 is 0. The van der Waals surface area contributed by atoms with Gasteiger partial charge >= 0.3 is 0 Å². The quantitative estimate of drug-likeness (QED) is 0.674. The average molecular weight is 304 g/mol. The number of rotatable bonds is 9. The predicted molar refractivity (Wildman–Crippen MR) is 75.5 cm³/mol. The second kappa shape index (κ2) is 8.31. The Morgan fingerprint density at radius 3 is 2.70 bits per heavy atom. The van der Waals surface area contributed by atoms with Gasteiger partial charge in [-0.3, -0.25) is 0 Å². The Labute approximate surface area is 119 Å². The molecule has 0 aliphatic carbocycles. The smallest absolute Gasteiger partial charge is 0.241 e. The van der Waals surface area contributed by atoms with Gasteiger partial charge in [0.1, 0.15) is 5.82 Å². The zero-order valence-electron chi connectivity index (χ0n) is 11.8. The van der Waals surface area contributed by atoms with E-state index in [1.807, 2.05) is 13.8 Å². The summed E-state index contributed by atoms with van der Waals surface area (Å²) in [5.74, 6) is -0.574. The van der Waals surface area contributed by atoms with E-state index in [2.05, 4.69) is 10.0 Å². The molecule has 7 heteroatoms. The molecule has 0 unspecified atom stereocenters. The second-order valence-electron chi connectivity index (χ2n) is 4.13. The molecule has 1 aromatic rings. The van der Waals surface area contributed by atoms with Crippen LogP contribution in [0.15, 0.2) is 23.1 Å². The highest BCUT2D eigenvalue weighted by molar-refractivity contribution is 7.89. The molecule has 20 heavy (non-hydrogen) atoms. The lowest BCUT2D eigenvalue weighted by Gasteiger charge is -2.12. The van der Waals surface area contributed by atoms with Crippen LogP contribution in [0.5, 0.6) is 0 Å². The molecule has 0 bridgehead atoms. The Balaban J connectivity index is 2.88. The number of hydrogen-bond donors (Lipinski definition) is 2. The molecule has 0 radical (unpaired) electrons. The summed E-state index contributed by atoms with van der Waals surface area (Å²) in [5.41, 5.74) is 0.539. The van der Waals surface area contributed by atoms with Crippen LogP contribution in [0.1, 0.15) is 19.4 Å². The van der Waals surface area contributed by atoms with Gasteiger partial charge in [-0.25, -0.2) is 17.5 Å². The molecule has 0 spiro atoms. The van der Waals surface area contributed by atoms with Gasteiger partial charge in [0.15, 0.2) is 0 Å². The van der Waals surface area contributed by atoms with Crippen molar-refractivity contribution in [3.63, 3.8) is 0 Å². The van der Waals surface area contributed by atoms with Crippen LogP contribution in [-0.2, 0) is 21.3 Å². The molecule has 0 saturated heterocycles. The Bertz CT molecular complexity index is 520. The van der Waals surface area contributed by atoms with E-state index in [0.717, 1.165) is 6.07 Å². The fraction of sp³-hybridized carbons (Fsp3) is 0.538. The SMILES string of the molecule is CCNCc1ccc(F)cc1S(=O)(=O)NCCOCC. The minimum absolute atomic E-state index is 0.0325. The lowest BCUT2D eigenvalue weighted by atomic mass is 10.2. The largest absolute Gasteiger partial charge is 0.380 e. The Morgan fingerprint density at radius 1 is 1.30 bits per heavy atom. The van der Waals surface area contributed by atoms with Crippen molar-refractivity contribution in [2.45, 2.75) is 25.3 Å². The van der Waals surface area contributed by atoms with Crippen molar-refractivity contribution < 1.29 is 17.5 Å². The van der Waals surface area contributed by atoms with Gasteiger partial charge in [-0.15, -0.1) is 0 Å². The molecule has 0 aliphatic heterocycles. The zero-order chi connectivity index (χ0) is 15.0. The molecule has 1 aromatic carbocycles. The second-order valence-corrected chi connectivity index (χ2v) is 5.86. The van der Waals surface area contributed by atoms with E-state index in [9.17, 15) is 12.8 Å². The van der Waals surface area contributed by atoms with Crippen LogP contribution in [0.4, 0.5) is 4.39 Å². The molecule has 0 aliphatic rings. The number of halogens is 1. The monoisotopic (exact) mass is 304 g/mol. The van der Waals surface area contributed by atoms with Gasteiger partial charge in [-0.2, -0.15) is 0 Å². The van der Waals surface area contributed by atoms with Crippen LogP contribution in [0.25, 0.3) is 0 Å². The van der Waals surface area contributed by atoms with Crippen LogP contribution < -0.4 is 10.0 Å². The lowest BCUT2D eigenvalue weighted by molar-refractivity contribution is 0.153. The highest BCUT2D eigenvalue weighted by atomic mass is 32.2. The van der Waals surface area contributed by atoms with Crippen molar-refractivity contribution in [2.75, 3.05) is 26.3 Å². The van der Waals surface area contributed by atoms with E-state index in [1.165, 1.54) is 12.1 Å². The van der Waals surface area contributed by atoms with Gasteiger partial charge < -0.3 is 10.1 Å². The maximum absolute atomic E-state index is 13.3. The molecule has 0 fully saturated rings. The molecular formula is C13H21FN2O3S. The molecule has 0 amide bonds. The van der Waals surface area contributed by atoms with Gasteiger partial charge in [-0.05, 0) is 31.2 Å². The molecule has 0 aromatic heterocycles. The maximum atomic E-state index is 13.3. The first-order chi connectivity index (χ1) is 9.51. The van der Waals surface area contributed by atoms with E-state index in [0.29, 0.717) is 25.3 Å². The van der Waals surface area contributed by atoms with E-state index >= 15 is 0 Å². The summed E-state index contributed by atoms with van der Waals surface area (Å²) in [6.07, 6.45) is 0. The average Bonchev–Trinajstić information content (AvgIpc) is 2.42. The van der Waals surface area contributed by atoms with Crippen molar-refractivity contribution >= 4 is 10.0 Å². The number of hydrogen-bond acceptors (Lipinski definition) is 4. The molecule has 0 atom stereocenters. The topological polar surface area (TPSA) is 67.4 Å². The first kappa shape index (κ1) is 17.0. The third-order valence-electron chi connectivity index (χ3n) is 2.63. The summed E-state index contributed by atoms with van der Waals surface area (Å²) in [4.78, 5) is -0.0325. The molecule has 114 valence electrons. The van der Waals surface area contributed by atoms with Crippen LogP contribution >= 0.6 is 0 Å². The summed E-state index contributed by atoms with van der Waals surface area (Å²) < 4.78 is 45.1. The van der Waals surface area contributed by atoms with Gasteiger partial charge in [-0.1, -0.05) is 13.0 Å². The van der Waals surface area contributed by atoms with E-state index in [-0.39, 0.29) is 18.0 Å². The van der Waals surface area contributed by atoms with Crippen molar-refractivity contribution in [3.8, 4) is 0 Å². The number of nitrogens with one attached hydrogen (secondary N) is 2. The normalized spacial score (nSPS) is 11.8. The fourth-order valence-corrected chi connectivity index (χ4v) is 2.92. The maximum Gasteiger partial charge on any atom is 0.241 e. The van der Waals surface area contributed by atoms with Gasteiger partial charge in [0.2, 0.25) is 10.0 Å². The van der Waals surface area contributed by atoms with Crippen LogP contribution in [0, 0.1) is 5.82 Å². The molecule has 0 saturated carbocycles. The van der Waals surface area contributed by atoms with Crippen molar-refractivity contribution in [2.24, 2.45) is 0 Å². The van der Waals surface area contributed by atoms with E-state index in [1.54, 1.807) is 0 Å². The molecule has 5 nitrogen and oxygen atoms in total. The van der Waals surface area contributed by atoms with Crippen LogP contribution in [0.3, 0.4) is 0 Å². The third-order valence-corrected chi connectivity index (χ3v) is 4.17. The first-order valence-corrected chi connectivity index (χ1v) is 8.06. The predicted octanol–water partition coefficient (Wildman–Crippen LogP) is 1.25. The summed E-state index contributed by atoms with van der Waals surface area (Å²) in [6, 6.07) is 3.77. The number of sulfonamides is 1. The van der Waals surface area contributed by atoms with Crippen molar-refractivity contribution in [1.29, 1.82) is 0 Å². The minimum atomic E-state index is -3.73. The van der Waals surface area contributed by atoms with Gasteiger partial charge in [0, 0.05) is 19.7 Å². The van der Waals surface area contributed by atoms with E-state index in [4.69, 9.17) is 4.74 Å². The molecule has 1 rings (SSSR count). The Morgan fingerprint density at radius 2 is 2.05 bits per heavy atom. The minimum Gasteiger partial charge on any atom is -0.380 e. The molecule has 2 N–H and O–H groups in total. The van der Waals surface area contributed by atoms with Crippen molar-refractivity contribution in [1.82, 2.24) is 10.0 Å². The lowest BCUT2D eigenvalue weighted by Crippen LogP contribution is -2.29. The van der Waals surface area contributed by atoms with Gasteiger partial charge in [0.05, 0.1) is 11.5 Å². The number of benzene rings is 1. The standard InChI is InChI=1S/C13H21FN2O3S/c1-3-15-10-11-5-6-12(14)9-13(11)20(17,18)16-7-8-19-4-2/h5-6,9,15-16H,3-4,7-8,10H2,1-2H3. The molecular weight excluding hydrogens is 283 g/mol. The zero-order valence-corrected chi connectivity index (χ0v) is 12.6. The highest BCUT2D eigenvalue weighted by Crippen LogP contribution is 2.17. The summed E-state index contributed by atoms with van der Waals surface area (Å²) in [5, 5.41) is 3.03. The summed E-state index contributed by atoms with van der Waals surface area (Å²) in [7, 11) is -3.73. The first-order valence-electron chi connectivity index (χ1n) is 6.57. The Hall–Kier alpha value is -1.02. The van der Waals surface area contributed by atoms with Crippen LogP contribution in [0.2, 0.25) is 0 Å². The van der Waals surface area contributed by atoms with Crippen LogP contribution in [-0.4, -0.2) is 34.7 Å². The fourth-order valence-electron chi connectivity index (χ4n) is 1.65. The number of ether oxygens (including phenoxy) is 1. The Kier molecular flexibility index (Phi) is 7.08. The van der Waals surface area contributed by atoms with Crippen molar-refractivity contribution in [3.05, 3.63) is 29.6 Å². The van der Waals surface area contributed by atoms with Gasteiger partial charge in [0.25, 0.3) is 0 Å². The molecule has 0 heterocycles. The van der Waals surface area contributed by atoms with E-state index < -0.39 is 15.8 Å². The summed E-state index contributed by atoms with van der Waals surface area (Å²) in [6.45, 7) is 5.79. The highest BCUT2D eigenvalue weighted by Gasteiger charge is 2.18. The third kappa shape index (κ3) is 5.16.